The van der Waals surface area contributed by atoms with Gasteiger partial charge in [-0.05, 0) is 17.7 Å². The second kappa shape index (κ2) is 6.33. The minimum atomic E-state index is -0.587. The summed E-state index contributed by atoms with van der Waals surface area (Å²) in [6, 6.07) is 5.98. The predicted octanol–water partition coefficient (Wildman–Crippen LogP) is 1.60. The Kier molecular flexibility index (Phi) is 4.81. The van der Waals surface area contributed by atoms with Crippen LogP contribution in [0.2, 0.25) is 0 Å². The molecule has 0 saturated heterocycles. The number of rotatable bonds is 4. The number of benzene rings is 1. The van der Waals surface area contributed by atoms with Crippen LogP contribution in [0.15, 0.2) is 23.8 Å². The third kappa shape index (κ3) is 3.32. The van der Waals surface area contributed by atoms with Crippen LogP contribution < -0.4 is 4.74 Å². The maximum Gasteiger partial charge on any atom is 0.311 e. The first kappa shape index (κ1) is 15.2. The van der Waals surface area contributed by atoms with Gasteiger partial charge in [-0.1, -0.05) is 6.07 Å². The van der Waals surface area contributed by atoms with Gasteiger partial charge in [0, 0.05) is 20.2 Å². The van der Waals surface area contributed by atoms with Crippen molar-refractivity contribution in [1.29, 1.82) is 5.26 Å². The fourth-order valence-corrected chi connectivity index (χ4v) is 1.49. The molecule has 104 valence electrons. The molecular formula is C13H13N3O4. The minimum Gasteiger partial charge on any atom is -0.490 e. The first-order valence-corrected chi connectivity index (χ1v) is 5.56. The third-order valence-electron chi connectivity index (χ3n) is 2.47. The first-order chi connectivity index (χ1) is 9.40. The number of ether oxygens (including phenoxy) is 1. The Balaban J connectivity index is 3.28. The molecule has 1 amide bonds. The highest BCUT2D eigenvalue weighted by atomic mass is 16.6. The molecule has 0 N–H and O–H groups in total. The van der Waals surface area contributed by atoms with Crippen LogP contribution in [0.25, 0.3) is 6.08 Å². The second-order valence-electron chi connectivity index (χ2n) is 4.06. The number of likely N-dealkylation sites (N-methyl/N-ethyl adjacent to an activating group) is 1. The topological polar surface area (TPSA) is 96.5 Å². The quantitative estimate of drug-likeness (QED) is 0.360. The monoisotopic (exact) mass is 275 g/mol. The van der Waals surface area contributed by atoms with E-state index in [-0.39, 0.29) is 17.0 Å². The van der Waals surface area contributed by atoms with Crippen molar-refractivity contribution < 1.29 is 14.5 Å². The Morgan fingerprint density at radius 2 is 2.15 bits per heavy atom. The lowest BCUT2D eigenvalue weighted by Crippen LogP contribution is -2.22. The number of methoxy groups -OCH3 is 1. The molecule has 0 aliphatic heterocycles. The number of nitro benzene ring substituents is 1. The zero-order valence-corrected chi connectivity index (χ0v) is 11.3. The van der Waals surface area contributed by atoms with Crippen molar-refractivity contribution in [2.75, 3.05) is 21.2 Å². The number of amides is 1. The third-order valence-corrected chi connectivity index (χ3v) is 2.47. The Labute approximate surface area is 115 Å². The van der Waals surface area contributed by atoms with E-state index >= 15 is 0 Å². The zero-order chi connectivity index (χ0) is 15.3. The average Bonchev–Trinajstić information content (AvgIpc) is 2.43. The largest absolute Gasteiger partial charge is 0.490 e. The summed E-state index contributed by atoms with van der Waals surface area (Å²) in [6.07, 6.45) is 1.30. The summed E-state index contributed by atoms with van der Waals surface area (Å²) in [7, 11) is 4.36. The number of hydrogen-bond donors (Lipinski definition) is 0. The highest BCUT2D eigenvalue weighted by Gasteiger charge is 2.16. The van der Waals surface area contributed by atoms with Crippen molar-refractivity contribution in [3.63, 3.8) is 0 Å². The molecule has 0 atom stereocenters. The summed E-state index contributed by atoms with van der Waals surface area (Å²) >= 11 is 0. The van der Waals surface area contributed by atoms with Crippen LogP contribution in [0.1, 0.15) is 5.56 Å². The molecule has 20 heavy (non-hydrogen) atoms. The Morgan fingerprint density at radius 1 is 1.50 bits per heavy atom. The Morgan fingerprint density at radius 3 is 2.60 bits per heavy atom. The fourth-order valence-electron chi connectivity index (χ4n) is 1.49. The Hall–Kier alpha value is -2.88. The number of carbonyl (C=O) groups excluding carboxylic acids is 1. The Bertz CT molecular complexity index is 615. The van der Waals surface area contributed by atoms with E-state index in [1.807, 2.05) is 0 Å². The molecule has 0 heterocycles. The van der Waals surface area contributed by atoms with E-state index in [4.69, 9.17) is 10.00 Å². The van der Waals surface area contributed by atoms with Crippen molar-refractivity contribution in [2.45, 2.75) is 0 Å². The van der Waals surface area contributed by atoms with Crippen LogP contribution >= 0.6 is 0 Å². The van der Waals surface area contributed by atoms with Gasteiger partial charge < -0.3 is 9.64 Å². The molecular weight excluding hydrogens is 262 g/mol. The van der Waals surface area contributed by atoms with Gasteiger partial charge >= 0.3 is 5.69 Å². The molecule has 0 spiro atoms. The molecule has 0 fully saturated rings. The highest BCUT2D eigenvalue weighted by Crippen LogP contribution is 2.28. The van der Waals surface area contributed by atoms with Gasteiger partial charge in [0.25, 0.3) is 5.91 Å². The van der Waals surface area contributed by atoms with Crippen LogP contribution in [0.3, 0.4) is 0 Å². The van der Waals surface area contributed by atoms with Crippen LogP contribution in [0.5, 0.6) is 5.75 Å². The standard InChI is InChI=1S/C13H13N3O4/c1-15(2)13(17)10(8-14)6-9-4-5-12(20-3)11(7-9)16(18)19/h4-7H,1-3H3/b10-6-. The normalized spacial score (nSPS) is 10.6. The summed E-state index contributed by atoms with van der Waals surface area (Å²) in [5.74, 6) is -0.351. The molecule has 1 aromatic rings. The van der Waals surface area contributed by atoms with Gasteiger partial charge in [0.2, 0.25) is 0 Å². The molecule has 1 aromatic carbocycles. The SMILES string of the molecule is COc1ccc(/C=C(/C#N)C(=O)N(C)C)cc1[N+](=O)[O-]. The van der Waals surface area contributed by atoms with Crippen LogP contribution in [0, 0.1) is 21.4 Å². The number of nitrogens with zero attached hydrogens (tertiary/aromatic N) is 3. The van der Waals surface area contributed by atoms with Crippen LogP contribution in [0.4, 0.5) is 5.69 Å². The summed E-state index contributed by atoms with van der Waals surface area (Å²) in [5.41, 5.74) is 0.0505. The molecule has 0 aliphatic rings. The van der Waals surface area contributed by atoms with E-state index in [9.17, 15) is 14.9 Å². The molecule has 0 radical (unpaired) electrons. The number of carbonyl (C=O) groups is 1. The first-order valence-electron chi connectivity index (χ1n) is 5.56. The van der Waals surface area contributed by atoms with Crippen molar-refractivity contribution in [3.05, 3.63) is 39.4 Å². The van der Waals surface area contributed by atoms with Crippen molar-refractivity contribution in [2.24, 2.45) is 0 Å². The average molecular weight is 275 g/mol. The van der Waals surface area contributed by atoms with Gasteiger partial charge in [0.1, 0.15) is 11.6 Å². The maximum atomic E-state index is 11.7. The lowest BCUT2D eigenvalue weighted by molar-refractivity contribution is -0.385. The number of nitro groups is 1. The number of hydrogen-bond acceptors (Lipinski definition) is 5. The molecule has 0 aromatic heterocycles. The van der Waals surface area contributed by atoms with Crippen molar-refractivity contribution >= 4 is 17.7 Å². The van der Waals surface area contributed by atoms with Crippen LogP contribution in [-0.2, 0) is 4.79 Å². The van der Waals surface area contributed by atoms with Gasteiger partial charge in [0.15, 0.2) is 5.75 Å². The van der Waals surface area contributed by atoms with E-state index in [1.54, 1.807) is 6.07 Å². The summed E-state index contributed by atoms with van der Waals surface area (Å²) in [4.78, 5) is 23.3. The summed E-state index contributed by atoms with van der Waals surface area (Å²) in [5, 5.41) is 19.9. The maximum absolute atomic E-state index is 11.7. The summed E-state index contributed by atoms with van der Waals surface area (Å²) in [6.45, 7) is 0. The number of nitriles is 1. The van der Waals surface area contributed by atoms with E-state index in [1.165, 1.54) is 50.4 Å². The molecule has 7 nitrogen and oxygen atoms in total. The van der Waals surface area contributed by atoms with Gasteiger partial charge in [-0.3, -0.25) is 14.9 Å². The van der Waals surface area contributed by atoms with Gasteiger partial charge in [-0.15, -0.1) is 0 Å². The minimum absolute atomic E-state index is 0.102. The van der Waals surface area contributed by atoms with Crippen molar-refractivity contribution in [1.82, 2.24) is 4.90 Å². The second-order valence-corrected chi connectivity index (χ2v) is 4.06. The van der Waals surface area contributed by atoms with Crippen molar-refractivity contribution in [3.8, 4) is 11.8 Å². The predicted molar refractivity (Wildman–Crippen MR) is 71.9 cm³/mol. The molecule has 0 aliphatic carbocycles. The lowest BCUT2D eigenvalue weighted by atomic mass is 10.1. The van der Waals surface area contributed by atoms with E-state index in [2.05, 4.69) is 0 Å². The van der Waals surface area contributed by atoms with E-state index in [0.29, 0.717) is 5.56 Å². The smallest absolute Gasteiger partial charge is 0.311 e. The van der Waals surface area contributed by atoms with Gasteiger partial charge in [-0.25, -0.2) is 0 Å². The van der Waals surface area contributed by atoms with E-state index in [0.717, 1.165) is 0 Å². The molecule has 1 rings (SSSR count). The van der Waals surface area contributed by atoms with Crippen LogP contribution in [-0.4, -0.2) is 36.9 Å². The molecule has 7 heteroatoms. The molecule has 0 unspecified atom stereocenters. The fraction of sp³-hybridized carbons (Fsp3) is 0.231. The van der Waals surface area contributed by atoms with Gasteiger partial charge in [0.05, 0.1) is 12.0 Å². The highest BCUT2D eigenvalue weighted by molar-refractivity contribution is 6.01. The molecule has 0 bridgehead atoms. The zero-order valence-electron chi connectivity index (χ0n) is 11.3. The van der Waals surface area contributed by atoms with E-state index < -0.39 is 10.8 Å². The summed E-state index contributed by atoms with van der Waals surface area (Å²) < 4.78 is 4.88. The lowest BCUT2D eigenvalue weighted by Gasteiger charge is -2.08. The molecule has 0 saturated carbocycles. The van der Waals surface area contributed by atoms with Gasteiger partial charge in [-0.2, -0.15) is 5.26 Å².